The summed E-state index contributed by atoms with van der Waals surface area (Å²) in [4.78, 5) is 6.56. The van der Waals surface area contributed by atoms with Crippen molar-refractivity contribution in [2.75, 3.05) is 18.4 Å². The molecule has 1 saturated heterocycles. The molecule has 1 aromatic heterocycles. The summed E-state index contributed by atoms with van der Waals surface area (Å²) < 4.78 is 0. The predicted octanol–water partition coefficient (Wildman–Crippen LogP) is 4.12. The molecule has 22 heavy (non-hydrogen) atoms. The van der Waals surface area contributed by atoms with Gasteiger partial charge in [0.15, 0.2) is 0 Å². The molecule has 0 amide bonds. The van der Waals surface area contributed by atoms with Gasteiger partial charge < -0.3 is 5.32 Å². The average molecular weight is 316 g/mol. The van der Waals surface area contributed by atoms with Crippen LogP contribution >= 0.6 is 11.6 Å². The molecule has 0 bridgehead atoms. The van der Waals surface area contributed by atoms with Crippen LogP contribution in [0.1, 0.15) is 24.0 Å². The molecule has 2 aromatic rings. The van der Waals surface area contributed by atoms with Gasteiger partial charge in [0.2, 0.25) is 0 Å². The summed E-state index contributed by atoms with van der Waals surface area (Å²) in [6.07, 6.45) is 4.07. The largest absolute Gasteiger partial charge is 0.382 e. The van der Waals surface area contributed by atoms with Crippen molar-refractivity contribution in [2.45, 2.75) is 32.4 Å². The number of anilines is 1. The highest BCUT2D eigenvalue weighted by Gasteiger charge is 2.19. The number of likely N-dealkylation sites (tertiary alicyclic amines) is 1. The molecule has 0 atom stereocenters. The Morgan fingerprint density at radius 3 is 2.73 bits per heavy atom. The second-order valence-corrected chi connectivity index (χ2v) is 6.38. The van der Waals surface area contributed by atoms with Gasteiger partial charge in [0.05, 0.1) is 0 Å². The number of aryl methyl sites for hydroxylation is 1. The number of nitrogens with zero attached hydrogens (tertiary/aromatic N) is 2. The second-order valence-electron chi connectivity index (χ2n) is 5.99. The molecule has 3 rings (SSSR count). The standard InChI is InChI=1S/C18H22ClN3/c1-14-4-2-3-5-15(14)13-22-10-7-16(8-11-22)21-17-6-9-20-18(19)12-17/h2-6,9,12,16H,7-8,10-11,13H2,1H3,(H,20,21). The summed E-state index contributed by atoms with van der Waals surface area (Å²) in [5.41, 5.74) is 3.89. The van der Waals surface area contributed by atoms with Crippen LogP contribution < -0.4 is 5.32 Å². The number of halogens is 1. The van der Waals surface area contributed by atoms with Crippen LogP contribution in [0.2, 0.25) is 5.15 Å². The van der Waals surface area contributed by atoms with Gasteiger partial charge in [0, 0.05) is 37.6 Å². The van der Waals surface area contributed by atoms with Crippen molar-refractivity contribution >= 4 is 17.3 Å². The number of aromatic nitrogens is 1. The van der Waals surface area contributed by atoms with Crippen molar-refractivity contribution in [3.63, 3.8) is 0 Å². The summed E-state index contributed by atoms with van der Waals surface area (Å²) in [5.74, 6) is 0. The van der Waals surface area contributed by atoms with Gasteiger partial charge in [-0.05, 0) is 43.0 Å². The molecule has 0 saturated carbocycles. The number of piperidine rings is 1. The molecule has 1 aromatic carbocycles. The van der Waals surface area contributed by atoms with Crippen molar-refractivity contribution in [3.8, 4) is 0 Å². The summed E-state index contributed by atoms with van der Waals surface area (Å²) in [6.45, 7) is 5.51. The number of benzene rings is 1. The number of pyridine rings is 1. The van der Waals surface area contributed by atoms with Crippen molar-refractivity contribution in [2.24, 2.45) is 0 Å². The van der Waals surface area contributed by atoms with Crippen LogP contribution in [-0.2, 0) is 6.54 Å². The molecular formula is C18H22ClN3. The van der Waals surface area contributed by atoms with Crippen molar-refractivity contribution < 1.29 is 0 Å². The Hall–Kier alpha value is -1.58. The molecule has 1 aliphatic rings. The highest BCUT2D eigenvalue weighted by molar-refractivity contribution is 6.29. The minimum absolute atomic E-state index is 0.520. The molecule has 0 aliphatic carbocycles. The van der Waals surface area contributed by atoms with Gasteiger partial charge in [-0.25, -0.2) is 4.98 Å². The Morgan fingerprint density at radius 2 is 2.00 bits per heavy atom. The molecular weight excluding hydrogens is 294 g/mol. The SMILES string of the molecule is Cc1ccccc1CN1CCC(Nc2ccnc(Cl)c2)CC1. The van der Waals surface area contributed by atoms with E-state index in [9.17, 15) is 0 Å². The van der Waals surface area contributed by atoms with Gasteiger partial charge in [-0.15, -0.1) is 0 Å². The van der Waals surface area contributed by atoms with Crippen LogP contribution in [0, 0.1) is 6.92 Å². The summed E-state index contributed by atoms with van der Waals surface area (Å²) >= 11 is 5.93. The first-order valence-electron chi connectivity index (χ1n) is 7.85. The van der Waals surface area contributed by atoms with Crippen LogP contribution in [0.4, 0.5) is 5.69 Å². The molecule has 1 N–H and O–H groups in total. The number of nitrogens with one attached hydrogen (secondary N) is 1. The van der Waals surface area contributed by atoms with E-state index in [0.717, 1.165) is 38.2 Å². The maximum absolute atomic E-state index is 5.93. The van der Waals surface area contributed by atoms with Crippen LogP contribution in [0.15, 0.2) is 42.6 Å². The molecule has 0 spiro atoms. The molecule has 2 heterocycles. The van der Waals surface area contributed by atoms with Crippen molar-refractivity contribution in [1.82, 2.24) is 9.88 Å². The van der Waals surface area contributed by atoms with Crippen molar-refractivity contribution in [3.05, 3.63) is 58.9 Å². The predicted molar refractivity (Wildman–Crippen MR) is 92.3 cm³/mol. The van der Waals surface area contributed by atoms with Crippen LogP contribution in [0.25, 0.3) is 0 Å². The van der Waals surface area contributed by atoms with E-state index in [4.69, 9.17) is 11.6 Å². The highest BCUT2D eigenvalue weighted by Crippen LogP contribution is 2.20. The number of rotatable bonds is 4. The minimum atomic E-state index is 0.520. The highest BCUT2D eigenvalue weighted by atomic mass is 35.5. The van der Waals surface area contributed by atoms with Gasteiger partial charge in [0.25, 0.3) is 0 Å². The first-order chi connectivity index (χ1) is 10.7. The molecule has 116 valence electrons. The summed E-state index contributed by atoms with van der Waals surface area (Å²) in [5, 5.41) is 4.11. The van der Waals surface area contributed by atoms with Crippen molar-refractivity contribution in [1.29, 1.82) is 0 Å². The lowest BCUT2D eigenvalue weighted by molar-refractivity contribution is 0.211. The lowest BCUT2D eigenvalue weighted by Gasteiger charge is -2.33. The molecule has 3 nitrogen and oxygen atoms in total. The average Bonchev–Trinajstić information content (AvgIpc) is 2.52. The van der Waals surface area contributed by atoms with Gasteiger partial charge in [-0.1, -0.05) is 35.9 Å². The topological polar surface area (TPSA) is 28.2 Å². The Balaban J connectivity index is 1.51. The van der Waals surface area contributed by atoms with Gasteiger partial charge >= 0.3 is 0 Å². The van der Waals surface area contributed by atoms with E-state index in [1.807, 2.05) is 12.1 Å². The summed E-state index contributed by atoms with van der Waals surface area (Å²) in [7, 11) is 0. The quantitative estimate of drug-likeness (QED) is 0.860. The zero-order chi connectivity index (χ0) is 15.4. The van der Waals surface area contributed by atoms with E-state index in [0.29, 0.717) is 11.2 Å². The van der Waals surface area contributed by atoms with Gasteiger partial charge in [0.1, 0.15) is 5.15 Å². The zero-order valence-corrected chi connectivity index (χ0v) is 13.7. The Bertz CT molecular complexity index is 621. The Labute approximate surface area is 137 Å². The number of hydrogen-bond donors (Lipinski definition) is 1. The summed E-state index contributed by atoms with van der Waals surface area (Å²) in [6, 6.07) is 13.0. The first-order valence-corrected chi connectivity index (χ1v) is 8.23. The molecule has 1 aliphatic heterocycles. The van der Waals surface area contributed by atoms with E-state index in [-0.39, 0.29) is 0 Å². The maximum Gasteiger partial charge on any atom is 0.131 e. The van der Waals surface area contributed by atoms with E-state index < -0.39 is 0 Å². The fraction of sp³-hybridized carbons (Fsp3) is 0.389. The van der Waals surface area contributed by atoms with Crippen LogP contribution in [0.5, 0.6) is 0 Å². The third-order valence-corrected chi connectivity index (χ3v) is 4.55. The van der Waals surface area contributed by atoms with Crippen LogP contribution in [0.3, 0.4) is 0 Å². The lowest BCUT2D eigenvalue weighted by atomic mass is 10.0. The Morgan fingerprint density at radius 1 is 1.23 bits per heavy atom. The number of hydrogen-bond acceptors (Lipinski definition) is 3. The van der Waals surface area contributed by atoms with E-state index in [1.54, 1.807) is 6.20 Å². The lowest BCUT2D eigenvalue weighted by Crippen LogP contribution is -2.38. The second kappa shape index (κ2) is 7.12. The van der Waals surface area contributed by atoms with Gasteiger partial charge in [-0.2, -0.15) is 0 Å². The maximum atomic E-state index is 5.93. The van der Waals surface area contributed by atoms with Gasteiger partial charge in [-0.3, -0.25) is 4.90 Å². The smallest absolute Gasteiger partial charge is 0.131 e. The normalized spacial score (nSPS) is 16.6. The fourth-order valence-electron chi connectivity index (χ4n) is 2.99. The molecule has 1 fully saturated rings. The van der Waals surface area contributed by atoms with Crippen LogP contribution in [-0.4, -0.2) is 29.0 Å². The van der Waals surface area contributed by atoms with E-state index in [2.05, 4.69) is 46.4 Å². The zero-order valence-electron chi connectivity index (χ0n) is 12.9. The third-order valence-electron chi connectivity index (χ3n) is 4.34. The van der Waals surface area contributed by atoms with E-state index >= 15 is 0 Å². The van der Waals surface area contributed by atoms with E-state index in [1.165, 1.54) is 11.1 Å². The Kier molecular flexibility index (Phi) is 4.96. The first kappa shape index (κ1) is 15.3. The minimum Gasteiger partial charge on any atom is -0.382 e. The molecule has 4 heteroatoms. The third kappa shape index (κ3) is 3.99. The molecule has 0 radical (unpaired) electrons. The molecule has 0 unspecified atom stereocenters. The monoisotopic (exact) mass is 315 g/mol. The fourth-order valence-corrected chi connectivity index (χ4v) is 3.17.